The molecule has 0 atom stereocenters. The Bertz CT molecular complexity index is 776. The van der Waals surface area contributed by atoms with Gasteiger partial charge in [0.1, 0.15) is 0 Å². The number of carbonyl (C=O) groups is 2. The zero-order valence-corrected chi connectivity index (χ0v) is 14.6. The van der Waals surface area contributed by atoms with E-state index in [1.165, 1.54) is 23.9 Å². The van der Waals surface area contributed by atoms with Gasteiger partial charge in [-0.05, 0) is 31.2 Å². The number of nitrogens with one attached hydrogen (secondary N) is 1. The van der Waals surface area contributed by atoms with Crippen LogP contribution < -0.4 is 5.32 Å². The second-order valence-corrected chi connectivity index (χ2v) is 6.40. The maximum absolute atomic E-state index is 12.9. The van der Waals surface area contributed by atoms with Crippen LogP contribution in [-0.4, -0.2) is 24.2 Å². The van der Waals surface area contributed by atoms with Gasteiger partial charge in [0, 0.05) is 4.90 Å². The van der Waals surface area contributed by atoms with Crippen LogP contribution in [0.4, 0.5) is 18.9 Å². The van der Waals surface area contributed by atoms with Gasteiger partial charge in [-0.15, -0.1) is 11.8 Å². The summed E-state index contributed by atoms with van der Waals surface area (Å²) in [5, 5.41) is 2.11. The van der Waals surface area contributed by atoms with Crippen LogP contribution in [0.15, 0.2) is 53.4 Å². The molecule has 0 saturated carbocycles. The largest absolute Gasteiger partial charge is 0.455 e. The lowest BCUT2D eigenvalue weighted by atomic mass is 10.1. The van der Waals surface area contributed by atoms with Crippen molar-refractivity contribution in [3.63, 3.8) is 0 Å². The molecule has 2 aromatic carbocycles. The Balaban J connectivity index is 1.82. The van der Waals surface area contributed by atoms with Crippen molar-refractivity contribution >= 4 is 29.3 Å². The van der Waals surface area contributed by atoms with Gasteiger partial charge in [-0.1, -0.05) is 29.8 Å². The predicted molar refractivity (Wildman–Crippen MR) is 92.9 cm³/mol. The van der Waals surface area contributed by atoms with Gasteiger partial charge >= 0.3 is 12.1 Å². The van der Waals surface area contributed by atoms with Gasteiger partial charge in [0.05, 0.1) is 17.0 Å². The van der Waals surface area contributed by atoms with Crippen molar-refractivity contribution in [3.05, 3.63) is 59.7 Å². The summed E-state index contributed by atoms with van der Waals surface area (Å²) < 4.78 is 43.4. The number of hydrogen-bond acceptors (Lipinski definition) is 4. The number of alkyl halides is 3. The number of esters is 1. The molecular weight excluding hydrogens is 367 g/mol. The highest BCUT2D eigenvalue weighted by atomic mass is 32.2. The van der Waals surface area contributed by atoms with Crippen LogP contribution in [0.2, 0.25) is 0 Å². The van der Waals surface area contributed by atoms with Crippen LogP contribution in [0.1, 0.15) is 11.1 Å². The summed E-state index contributed by atoms with van der Waals surface area (Å²) >= 11 is 1.24. The molecule has 2 aromatic rings. The Hall–Kier alpha value is -2.48. The average molecular weight is 383 g/mol. The Morgan fingerprint density at radius 2 is 1.73 bits per heavy atom. The summed E-state index contributed by atoms with van der Waals surface area (Å²) in [6.45, 7) is 1.29. The van der Waals surface area contributed by atoms with Crippen LogP contribution in [0, 0.1) is 6.92 Å². The first-order chi connectivity index (χ1) is 12.3. The highest BCUT2D eigenvalue weighted by Crippen LogP contribution is 2.34. The number of ether oxygens (including phenoxy) is 1. The second kappa shape index (κ2) is 8.75. The molecule has 4 nitrogen and oxygen atoms in total. The van der Waals surface area contributed by atoms with E-state index in [1.807, 2.05) is 31.2 Å². The molecule has 26 heavy (non-hydrogen) atoms. The van der Waals surface area contributed by atoms with Crippen molar-refractivity contribution in [1.29, 1.82) is 0 Å². The van der Waals surface area contributed by atoms with E-state index in [1.54, 1.807) is 0 Å². The molecule has 1 amide bonds. The average Bonchev–Trinajstić information content (AvgIpc) is 2.59. The van der Waals surface area contributed by atoms with E-state index >= 15 is 0 Å². The minimum Gasteiger partial charge on any atom is -0.455 e. The molecule has 0 bridgehead atoms. The van der Waals surface area contributed by atoms with E-state index in [0.717, 1.165) is 22.6 Å². The van der Waals surface area contributed by atoms with Gasteiger partial charge in [0.25, 0.3) is 5.91 Å². The Kier molecular flexibility index (Phi) is 6.68. The van der Waals surface area contributed by atoms with Crippen molar-refractivity contribution in [2.24, 2.45) is 0 Å². The lowest BCUT2D eigenvalue weighted by molar-refractivity contribution is -0.144. The van der Waals surface area contributed by atoms with Crippen molar-refractivity contribution in [2.45, 2.75) is 18.0 Å². The summed E-state index contributed by atoms with van der Waals surface area (Å²) in [5.74, 6) is -1.47. The smallest absolute Gasteiger partial charge is 0.418 e. The molecule has 0 aromatic heterocycles. The first kappa shape index (κ1) is 19.8. The number of para-hydroxylation sites is 1. The molecule has 0 aliphatic carbocycles. The van der Waals surface area contributed by atoms with Gasteiger partial charge in [-0.25, -0.2) is 0 Å². The summed E-state index contributed by atoms with van der Waals surface area (Å²) in [6.07, 6.45) is -4.59. The first-order valence-electron chi connectivity index (χ1n) is 7.57. The number of aryl methyl sites for hydroxylation is 1. The summed E-state index contributed by atoms with van der Waals surface area (Å²) in [4.78, 5) is 24.3. The number of anilines is 1. The molecule has 0 fully saturated rings. The normalized spacial score (nSPS) is 11.1. The molecule has 0 spiro atoms. The predicted octanol–water partition coefficient (Wildman–Crippen LogP) is 4.29. The monoisotopic (exact) mass is 383 g/mol. The third-order valence-corrected chi connectivity index (χ3v) is 4.23. The molecule has 8 heteroatoms. The summed E-state index contributed by atoms with van der Waals surface area (Å²) in [7, 11) is 0. The van der Waals surface area contributed by atoms with Crippen molar-refractivity contribution < 1.29 is 27.5 Å². The van der Waals surface area contributed by atoms with Gasteiger partial charge < -0.3 is 10.1 Å². The van der Waals surface area contributed by atoms with E-state index in [0.29, 0.717) is 0 Å². The highest BCUT2D eigenvalue weighted by Gasteiger charge is 2.33. The SMILES string of the molecule is Cc1ccc(SCC(=O)OCC(=O)Nc2ccccc2C(F)(F)F)cc1. The molecule has 1 N–H and O–H groups in total. The van der Waals surface area contributed by atoms with Crippen molar-refractivity contribution in [1.82, 2.24) is 0 Å². The zero-order valence-electron chi connectivity index (χ0n) is 13.8. The standard InChI is InChI=1S/C18H16F3NO3S/c1-12-6-8-13(9-7-12)26-11-17(24)25-10-16(23)22-15-5-3-2-4-14(15)18(19,20)21/h2-9H,10-11H2,1H3,(H,22,23). The fourth-order valence-electron chi connectivity index (χ4n) is 1.99. The fraction of sp³-hybridized carbons (Fsp3) is 0.222. The van der Waals surface area contributed by atoms with Crippen LogP contribution in [-0.2, 0) is 20.5 Å². The molecule has 0 saturated heterocycles. The lowest BCUT2D eigenvalue weighted by Crippen LogP contribution is -2.23. The second-order valence-electron chi connectivity index (χ2n) is 5.35. The third kappa shape index (κ3) is 6.11. The molecule has 0 aliphatic heterocycles. The Morgan fingerprint density at radius 3 is 2.38 bits per heavy atom. The van der Waals surface area contributed by atoms with Crippen molar-refractivity contribution in [3.8, 4) is 0 Å². The Morgan fingerprint density at radius 1 is 1.08 bits per heavy atom. The number of hydrogen-bond donors (Lipinski definition) is 1. The summed E-state index contributed by atoms with van der Waals surface area (Å²) in [5.41, 5.74) is -0.252. The van der Waals surface area contributed by atoms with Gasteiger partial charge in [0.15, 0.2) is 6.61 Å². The molecule has 138 valence electrons. The van der Waals surface area contributed by atoms with Gasteiger partial charge in [-0.2, -0.15) is 13.2 Å². The maximum Gasteiger partial charge on any atom is 0.418 e. The molecule has 0 aliphatic rings. The topological polar surface area (TPSA) is 55.4 Å². The van der Waals surface area contributed by atoms with E-state index in [2.05, 4.69) is 5.32 Å². The van der Waals surface area contributed by atoms with Crippen LogP contribution in [0.25, 0.3) is 0 Å². The van der Waals surface area contributed by atoms with Crippen LogP contribution in [0.3, 0.4) is 0 Å². The number of thioether (sulfide) groups is 1. The van der Waals surface area contributed by atoms with Gasteiger partial charge in [0.2, 0.25) is 0 Å². The van der Waals surface area contributed by atoms with E-state index in [-0.39, 0.29) is 11.4 Å². The highest BCUT2D eigenvalue weighted by molar-refractivity contribution is 8.00. The minimum atomic E-state index is -4.59. The quantitative estimate of drug-likeness (QED) is 0.597. The van der Waals surface area contributed by atoms with E-state index in [4.69, 9.17) is 4.74 Å². The van der Waals surface area contributed by atoms with E-state index < -0.39 is 30.2 Å². The number of amides is 1. The number of carbonyl (C=O) groups excluding carboxylic acids is 2. The van der Waals surface area contributed by atoms with Crippen LogP contribution >= 0.6 is 11.8 Å². The maximum atomic E-state index is 12.9. The van der Waals surface area contributed by atoms with E-state index in [9.17, 15) is 22.8 Å². The lowest BCUT2D eigenvalue weighted by Gasteiger charge is -2.13. The molecule has 0 radical (unpaired) electrons. The summed E-state index contributed by atoms with van der Waals surface area (Å²) in [6, 6.07) is 12.1. The molecular formula is C18H16F3NO3S. The molecule has 0 unspecified atom stereocenters. The fourth-order valence-corrected chi connectivity index (χ4v) is 2.69. The number of benzene rings is 2. The van der Waals surface area contributed by atoms with Gasteiger partial charge in [-0.3, -0.25) is 9.59 Å². The molecule has 0 heterocycles. The number of halogens is 3. The number of rotatable bonds is 6. The first-order valence-corrected chi connectivity index (χ1v) is 8.55. The van der Waals surface area contributed by atoms with Crippen LogP contribution in [0.5, 0.6) is 0 Å². The Labute approximate surface area is 152 Å². The third-order valence-electron chi connectivity index (χ3n) is 3.25. The van der Waals surface area contributed by atoms with Crippen molar-refractivity contribution in [2.75, 3.05) is 17.7 Å². The minimum absolute atomic E-state index is 0.00449. The zero-order chi connectivity index (χ0) is 19.2. The molecule has 2 rings (SSSR count).